The van der Waals surface area contributed by atoms with E-state index < -0.39 is 5.97 Å². The van der Waals surface area contributed by atoms with Gasteiger partial charge in [-0.3, -0.25) is 9.59 Å². The molecule has 1 heterocycles. The van der Waals surface area contributed by atoms with Crippen LogP contribution in [0.15, 0.2) is 24.3 Å². The molecule has 0 aromatic heterocycles. The predicted octanol–water partition coefficient (Wildman–Crippen LogP) is 2.51. The highest BCUT2D eigenvalue weighted by Gasteiger charge is 2.27. The Hall–Kier alpha value is -2.04. The van der Waals surface area contributed by atoms with Gasteiger partial charge < -0.3 is 14.7 Å². The van der Waals surface area contributed by atoms with Gasteiger partial charge in [-0.1, -0.05) is 26.0 Å². The average Bonchev–Trinajstić information content (AvgIpc) is 2.53. The van der Waals surface area contributed by atoms with Crippen molar-refractivity contribution >= 4 is 11.9 Å². The van der Waals surface area contributed by atoms with Crippen molar-refractivity contribution in [1.29, 1.82) is 0 Å². The second-order valence-electron chi connectivity index (χ2n) is 6.01. The highest BCUT2D eigenvalue weighted by atomic mass is 16.5. The van der Waals surface area contributed by atoms with Crippen molar-refractivity contribution in [2.45, 2.75) is 32.6 Å². The number of ether oxygens (including phenoxy) is 1. The molecule has 0 saturated carbocycles. The van der Waals surface area contributed by atoms with E-state index in [0.29, 0.717) is 37.6 Å². The number of hydrogen-bond donors (Lipinski definition) is 1. The van der Waals surface area contributed by atoms with E-state index in [1.54, 1.807) is 4.90 Å². The first-order valence-electron chi connectivity index (χ1n) is 7.70. The van der Waals surface area contributed by atoms with E-state index >= 15 is 0 Å². The van der Waals surface area contributed by atoms with Crippen LogP contribution in [0.25, 0.3) is 0 Å². The van der Waals surface area contributed by atoms with Crippen molar-refractivity contribution in [3.63, 3.8) is 0 Å². The Kier molecular flexibility index (Phi) is 5.41. The van der Waals surface area contributed by atoms with E-state index in [2.05, 4.69) is 13.8 Å². The zero-order valence-electron chi connectivity index (χ0n) is 13.1. The molecule has 1 aliphatic rings. The van der Waals surface area contributed by atoms with Gasteiger partial charge in [0, 0.05) is 13.1 Å². The van der Waals surface area contributed by atoms with Crippen LogP contribution in [0.2, 0.25) is 0 Å². The van der Waals surface area contributed by atoms with E-state index in [1.165, 1.54) is 5.56 Å². The minimum Gasteiger partial charge on any atom is -0.484 e. The van der Waals surface area contributed by atoms with E-state index in [0.717, 1.165) is 0 Å². The molecule has 22 heavy (non-hydrogen) atoms. The van der Waals surface area contributed by atoms with Crippen LogP contribution in [0.4, 0.5) is 0 Å². The topological polar surface area (TPSA) is 66.8 Å². The quantitative estimate of drug-likeness (QED) is 0.907. The lowest BCUT2D eigenvalue weighted by Gasteiger charge is -2.30. The number of carboxylic acids is 1. The van der Waals surface area contributed by atoms with E-state index in [4.69, 9.17) is 9.84 Å². The molecular weight excluding hydrogens is 282 g/mol. The Bertz CT molecular complexity index is 533. The lowest BCUT2D eigenvalue weighted by Crippen LogP contribution is -2.42. The molecule has 0 aliphatic carbocycles. The SMILES string of the molecule is CC(C)c1cccc(OCC(=O)N2CCC(C(=O)O)CC2)c1. The molecule has 0 radical (unpaired) electrons. The van der Waals surface area contributed by atoms with Gasteiger partial charge in [-0.2, -0.15) is 0 Å². The van der Waals surface area contributed by atoms with Crippen LogP contribution in [-0.2, 0) is 9.59 Å². The molecule has 1 saturated heterocycles. The van der Waals surface area contributed by atoms with Crippen molar-refractivity contribution in [2.75, 3.05) is 19.7 Å². The largest absolute Gasteiger partial charge is 0.484 e. The summed E-state index contributed by atoms with van der Waals surface area (Å²) < 4.78 is 5.58. The smallest absolute Gasteiger partial charge is 0.306 e. The van der Waals surface area contributed by atoms with Gasteiger partial charge in [0.1, 0.15) is 5.75 Å². The molecule has 5 heteroatoms. The number of likely N-dealkylation sites (tertiary alicyclic amines) is 1. The Morgan fingerprint density at radius 2 is 2.00 bits per heavy atom. The van der Waals surface area contributed by atoms with Gasteiger partial charge in [0.2, 0.25) is 0 Å². The first-order valence-corrected chi connectivity index (χ1v) is 7.70. The molecule has 0 atom stereocenters. The Morgan fingerprint density at radius 3 is 2.59 bits per heavy atom. The lowest BCUT2D eigenvalue weighted by atomic mass is 9.97. The fourth-order valence-corrected chi connectivity index (χ4v) is 2.58. The number of carbonyl (C=O) groups is 2. The van der Waals surface area contributed by atoms with E-state index in [1.807, 2.05) is 24.3 Å². The van der Waals surface area contributed by atoms with Crippen LogP contribution in [0.3, 0.4) is 0 Å². The second kappa shape index (κ2) is 7.29. The minimum atomic E-state index is -0.770. The van der Waals surface area contributed by atoms with Gasteiger partial charge in [-0.05, 0) is 36.5 Å². The van der Waals surface area contributed by atoms with Crippen molar-refractivity contribution in [1.82, 2.24) is 4.90 Å². The zero-order chi connectivity index (χ0) is 16.1. The predicted molar refractivity (Wildman–Crippen MR) is 83.0 cm³/mol. The van der Waals surface area contributed by atoms with Gasteiger partial charge in [0.05, 0.1) is 5.92 Å². The number of carboxylic acid groups (broad SMARTS) is 1. The molecule has 1 fully saturated rings. The highest BCUT2D eigenvalue weighted by Crippen LogP contribution is 2.21. The molecule has 1 aromatic carbocycles. The zero-order valence-corrected chi connectivity index (χ0v) is 13.1. The summed E-state index contributed by atoms with van der Waals surface area (Å²) in [6.45, 7) is 5.20. The number of aliphatic carboxylic acids is 1. The van der Waals surface area contributed by atoms with Crippen molar-refractivity contribution < 1.29 is 19.4 Å². The average molecular weight is 305 g/mol. The summed E-state index contributed by atoms with van der Waals surface area (Å²) in [5.74, 6) is -0.0744. The Labute approximate surface area is 130 Å². The molecule has 0 unspecified atom stereocenters. The maximum atomic E-state index is 12.1. The monoisotopic (exact) mass is 305 g/mol. The molecule has 120 valence electrons. The van der Waals surface area contributed by atoms with Crippen molar-refractivity contribution in [3.8, 4) is 5.75 Å². The number of rotatable bonds is 5. The van der Waals surface area contributed by atoms with Gasteiger partial charge in [-0.25, -0.2) is 0 Å². The lowest BCUT2D eigenvalue weighted by molar-refractivity contribution is -0.146. The number of piperidine rings is 1. The maximum Gasteiger partial charge on any atom is 0.306 e. The summed E-state index contributed by atoms with van der Waals surface area (Å²) in [5, 5.41) is 8.96. The number of nitrogens with zero attached hydrogens (tertiary/aromatic N) is 1. The molecular formula is C17H23NO4. The Morgan fingerprint density at radius 1 is 1.32 bits per heavy atom. The third-order valence-electron chi connectivity index (χ3n) is 4.08. The number of carbonyl (C=O) groups excluding carboxylic acids is 1. The van der Waals surface area contributed by atoms with Crippen molar-refractivity contribution in [2.24, 2.45) is 5.92 Å². The number of benzene rings is 1. The summed E-state index contributed by atoms with van der Waals surface area (Å²) in [6.07, 6.45) is 1.04. The normalized spacial score (nSPS) is 15.9. The second-order valence-corrected chi connectivity index (χ2v) is 6.01. The molecule has 1 aliphatic heterocycles. The summed E-state index contributed by atoms with van der Waals surface area (Å²) in [5.41, 5.74) is 1.17. The minimum absolute atomic E-state index is 0.000708. The van der Waals surface area contributed by atoms with Crippen LogP contribution in [0, 0.1) is 5.92 Å². The van der Waals surface area contributed by atoms with Crippen LogP contribution in [-0.4, -0.2) is 41.6 Å². The summed E-state index contributed by atoms with van der Waals surface area (Å²) in [6, 6.07) is 7.76. The first-order chi connectivity index (χ1) is 10.5. The maximum absolute atomic E-state index is 12.1. The molecule has 2 rings (SSSR count). The standard InChI is InChI=1S/C17H23NO4/c1-12(2)14-4-3-5-15(10-14)22-11-16(19)18-8-6-13(7-9-18)17(20)21/h3-5,10,12-13H,6-9,11H2,1-2H3,(H,20,21). The van der Waals surface area contributed by atoms with Crippen LogP contribution in [0.5, 0.6) is 5.75 Å². The van der Waals surface area contributed by atoms with Gasteiger partial charge in [0.25, 0.3) is 5.91 Å². The van der Waals surface area contributed by atoms with E-state index in [9.17, 15) is 9.59 Å². The summed E-state index contributed by atoms with van der Waals surface area (Å²) >= 11 is 0. The summed E-state index contributed by atoms with van der Waals surface area (Å²) in [7, 11) is 0. The fourth-order valence-electron chi connectivity index (χ4n) is 2.58. The van der Waals surface area contributed by atoms with Crippen LogP contribution >= 0.6 is 0 Å². The highest BCUT2D eigenvalue weighted by molar-refractivity contribution is 5.78. The molecule has 1 amide bonds. The van der Waals surface area contributed by atoms with Crippen LogP contribution in [0.1, 0.15) is 38.2 Å². The van der Waals surface area contributed by atoms with Gasteiger partial charge in [-0.15, -0.1) is 0 Å². The fraction of sp³-hybridized carbons (Fsp3) is 0.529. The number of hydrogen-bond acceptors (Lipinski definition) is 3. The van der Waals surface area contributed by atoms with Crippen LogP contribution < -0.4 is 4.74 Å². The van der Waals surface area contributed by atoms with Gasteiger partial charge >= 0.3 is 5.97 Å². The molecule has 0 spiro atoms. The Balaban J connectivity index is 1.83. The summed E-state index contributed by atoms with van der Waals surface area (Å²) in [4.78, 5) is 24.7. The molecule has 1 N–H and O–H groups in total. The number of amides is 1. The van der Waals surface area contributed by atoms with E-state index in [-0.39, 0.29) is 18.4 Å². The van der Waals surface area contributed by atoms with Gasteiger partial charge in [0.15, 0.2) is 6.61 Å². The molecule has 0 bridgehead atoms. The van der Waals surface area contributed by atoms with Crippen molar-refractivity contribution in [3.05, 3.63) is 29.8 Å². The molecule has 5 nitrogen and oxygen atoms in total. The first kappa shape index (κ1) is 16.3. The third kappa shape index (κ3) is 4.23. The molecule has 1 aromatic rings. The third-order valence-corrected chi connectivity index (χ3v) is 4.08.